The zero-order valence-corrected chi connectivity index (χ0v) is 20.5. The summed E-state index contributed by atoms with van der Waals surface area (Å²) in [4.78, 5) is 8.57. The minimum atomic E-state index is -0.371. The Morgan fingerprint density at radius 2 is 1.88 bits per heavy atom. The summed E-state index contributed by atoms with van der Waals surface area (Å²) >= 11 is 6.29. The minimum Gasteiger partial charge on any atom is -0.383 e. The Morgan fingerprint density at radius 1 is 1.15 bits per heavy atom. The number of ether oxygens (including phenoxy) is 1. The predicted molar refractivity (Wildman–Crippen MR) is 132 cm³/mol. The van der Waals surface area contributed by atoms with Gasteiger partial charge in [0, 0.05) is 49.1 Å². The fourth-order valence-corrected chi connectivity index (χ4v) is 4.64. The molecule has 0 amide bonds. The van der Waals surface area contributed by atoms with Crippen molar-refractivity contribution >= 4 is 23.1 Å². The molecule has 2 saturated carbocycles. The van der Waals surface area contributed by atoms with E-state index in [4.69, 9.17) is 16.3 Å². The van der Waals surface area contributed by atoms with E-state index < -0.39 is 0 Å². The Bertz CT molecular complexity index is 946. The van der Waals surface area contributed by atoms with Crippen molar-refractivity contribution < 1.29 is 9.13 Å². The summed E-state index contributed by atoms with van der Waals surface area (Å²) in [6, 6.07) is 4.84. The first-order valence-corrected chi connectivity index (χ1v) is 12.3. The second-order valence-corrected chi connectivity index (χ2v) is 10.3. The van der Waals surface area contributed by atoms with E-state index in [1.54, 1.807) is 19.4 Å². The van der Waals surface area contributed by atoms with Gasteiger partial charge in [-0.15, -0.1) is 0 Å². The highest BCUT2D eigenvalue weighted by atomic mass is 35.5. The predicted octanol–water partition coefficient (Wildman–Crippen LogP) is 5.50. The zero-order valence-electron chi connectivity index (χ0n) is 19.8. The highest BCUT2D eigenvalue weighted by Crippen LogP contribution is 2.45. The van der Waals surface area contributed by atoms with Crippen LogP contribution in [0.25, 0.3) is 11.1 Å². The molecule has 4 rings (SSSR count). The fraction of sp³-hybridized carbons (Fsp3) is 0.600. The third-order valence-corrected chi connectivity index (χ3v) is 7.13. The van der Waals surface area contributed by atoms with Crippen LogP contribution < -0.4 is 16.0 Å². The standard InChI is InChI=1S/C25H35ClFN5O/c1-16(14-33-3)31-18-4-6-19(7-5-18)32-23-11-20(21(27)13-28-23)17-10-22(24(26)29-12-17)30-15-25(2)8-9-25/h10-13,16,18-19,30-31H,4-9,14-15H2,1-3H3,(H,28,32)/t16-,18?,19?/m0/s1. The molecule has 0 aromatic carbocycles. The van der Waals surface area contributed by atoms with Gasteiger partial charge >= 0.3 is 0 Å². The molecule has 2 aliphatic carbocycles. The first-order chi connectivity index (χ1) is 15.8. The molecule has 33 heavy (non-hydrogen) atoms. The summed E-state index contributed by atoms with van der Waals surface area (Å²) < 4.78 is 19.9. The molecule has 2 fully saturated rings. The van der Waals surface area contributed by atoms with Gasteiger partial charge in [-0.3, -0.25) is 0 Å². The average Bonchev–Trinajstić information content (AvgIpc) is 3.53. The number of nitrogens with one attached hydrogen (secondary N) is 3. The van der Waals surface area contributed by atoms with Crippen molar-refractivity contribution in [2.75, 3.05) is 30.9 Å². The minimum absolute atomic E-state index is 0.325. The van der Waals surface area contributed by atoms with E-state index in [1.807, 2.05) is 6.07 Å². The summed E-state index contributed by atoms with van der Waals surface area (Å²) in [5.41, 5.74) is 2.22. The third kappa shape index (κ3) is 6.55. The quantitative estimate of drug-likeness (QED) is 0.394. The molecule has 2 aliphatic rings. The van der Waals surface area contributed by atoms with Gasteiger partial charge in [0.05, 0.1) is 18.5 Å². The molecular weight excluding hydrogens is 441 g/mol. The van der Waals surface area contributed by atoms with Crippen molar-refractivity contribution in [1.82, 2.24) is 15.3 Å². The molecule has 8 heteroatoms. The number of nitrogens with zero attached hydrogens (tertiary/aromatic N) is 2. The molecule has 0 aliphatic heterocycles. The van der Waals surface area contributed by atoms with Gasteiger partial charge in [0.25, 0.3) is 0 Å². The van der Waals surface area contributed by atoms with E-state index in [2.05, 4.69) is 39.8 Å². The van der Waals surface area contributed by atoms with Gasteiger partial charge in [-0.05, 0) is 63.0 Å². The van der Waals surface area contributed by atoms with E-state index in [9.17, 15) is 4.39 Å². The lowest BCUT2D eigenvalue weighted by molar-refractivity contribution is 0.161. The van der Waals surface area contributed by atoms with Crippen LogP contribution in [0.5, 0.6) is 0 Å². The molecule has 0 bridgehead atoms. The maximum atomic E-state index is 14.7. The molecular formula is C25H35ClFN5O. The second-order valence-electron chi connectivity index (χ2n) is 9.99. The normalized spacial score (nSPS) is 22.6. The molecule has 1 atom stereocenters. The topological polar surface area (TPSA) is 71.1 Å². The summed E-state index contributed by atoms with van der Waals surface area (Å²) in [7, 11) is 1.73. The maximum absolute atomic E-state index is 14.7. The Balaban J connectivity index is 1.39. The number of hydrogen-bond acceptors (Lipinski definition) is 6. The molecule has 2 heterocycles. The van der Waals surface area contributed by atoms with Gasteiger partial charge < -0.3 is 20.7 Å². The molecule has 0 saturated heterocycles. The Hall–Kier alpha value is -1.96. The van der Waals surface area contributed by atoms with E-state index in [0.717, 1.165) is 44.5 Å². The Morgan fingerprint density at radius 3 is 2.58 bits per heavy atom. The van der Waals surface area contributed by atoms with Crippen LogP contribution >= 0.6 is 11.6 Å². The third-order valence-electron chi connectivity index (χ3n) is 6.83. The van der Waals surface area contributed by atoms with Crippen LogP contribution in [0.3, 0.4) is 0 Å². The van der Waals surface area contributed by atoms with Crippen LogP contribution in [-0.2, 0) is 4.74 Å². The number of methoxy groups -OCH3 is 1. The number of aromatic nitrogens is 2. The number of halogens is 2. The summed E-state index contributed by atoms with van der Waals surface area (Å²) in [6.07, 6.45) is 9.59. The number of hydrogen-bond donors (Lipinski definition) is 3. The molecule has 0 unspecified atom stereocenters. The van der Waals surface area contributed by atoms with Gasteiger partial charge in [-0.1, -0.05) is 18.5 Å². The SMILES string of the molecule is COC[C@H](C)NC1CCC(Nc2cc(-c3cnc(Cl)c(NCC4(C)CC4)c3)c(F)cn2)CC1. The molecule has 0 spiro atoms. The Kier molecular flexibility index (Phi) is 7.72. The molecule has 6 nitrogen and oxygen atoms in total. The average molecular weight is 476 g/mol. The van der Waals surface area contributed by atoms with Crippen LogP contribution in [0.1, 0.15) is 52.4 Å². The lowest BCUT2D eigenvalue weighted by Gasteiger charge is -2.31. The van der Waals surface area contributed by atoms with Gasteiger partial charge in [-0.2, -0.15) is 0 Å². The van der Waals surface area contributed by atoms with Gasteiger partial charge in [0.1, 0.15) is 11.6 Å². The van der Waals surface area contributed by atoms with E-state index >= 15 is 0 Å². The Labute approximate surface area is 201 Å². The van der Waals surface area contributed by atoms with Crippen LogP contribution in [0.15, 0.2) is 24.5 Å². The van der Waals surface area contributed by atoms with Crippen LogP contribution in [-0.4, -0.2) is 48.4 Å². The molecule has 2 aromatic rings. The van der Waals surface area contributed by atoms with Crippen LogP contribution in [0.2, 0.25) is 5.15 Å². The number of anilines is 2. The fourth-order valence-electron chi connectivity index (χ4n) is 4.47. The molecule has 2 aromatic heterocycles. The highest BCUT2D eigenvalue weighted by molar-refractivity contribution is 6.32. The number of rotatable bonds is 10. The highest BCUT2D eigenvalue weighted by Gasteiger charge is 2.36. The first-order valence-electron chi connectivity index (χ1n) is 11.9. The lowest BCUT2D eigenvalue weighted by Crippen LogP contribution is -2.42. The van der Waals surface area contributed by atoms with Crippen molar-refractivity contribution in [3.8, 4) is 11.1 Å². The van der Waals surface area contributed by atoms with Gasteiger partial charge in [-0.25, -0.2) is 14.4 Å². The van der Waals surface area contributed by atoms with Crippen LogP contribution in [0.4, 0.5) is 15.9 Å². The maximum Gasteiger partial charge on any atom is 0.152 e. The first kappa shape index (κ1) is 24.2. The lowest BCUT2D eigenvalue weighted by atomic mass is 9.90. The smallest absolute Gasteiger partial charge is 0.152 e. The van der Waals surface area contributed by atoms with Gasteiger partial charge in [0.15, 0.2) is 5.15 Å². The van der Waals surface area contributed by atoms with Crippen molar-refractivity contribution in [3.05, 3.63) is 35.5 Å². The van der Waals surface area contributed by atoms with E-state index in [1.165, 1.54) is 19.0 Å². The van der Waals surface area contributed by atoms with Crippen molar-refractivity contribution in [1.29, 1.82) is 0 Å². The monoisotopic (exact) mass is 475 g/mol. The summed E-state index contributed by atoms with van der Waals surface area (Å²) in [5.74, 6) is 0.315. The zero-order chi connectivity index (χ0) is 23.4. The van der Waals surface area contributed by atoms with Gasteiger partial charge in [0.2, 0.25) is 0 Å². The second kappa shape index (κ2) is 10.5. The summed E-state index contributed by atoms with van der Waals surface area (Å²) in [6.45, 7) is 5.95. The molecule has 180 valence electrons. The molecule has 0 radical (unpaired) electrons. The van der Waals surface area contributed by atoms with Crippen molar-refractivity contribution in [2.24, 2.45) is 5.41 Å². The summed E-state index contributed by atoms with van der Waals surface area (Å²) in [5, 5.41) is 10.9. The van der Waals surface area contributed by atoms with Crippen molar-refractivity contribution in [3.63, 3.8) is 0 Å². The largest absolute Gasteiger partial charge is 0.383 e. The number of pyridine rings is 2. The van der Waals surface area contributed by atoms with Crippen LogP contribution in [0, 0.1) is 11.2 Å². The molecule has 3 N–H and O–H groups in total. The van der Waals surface area contributed by atoms with E-state index in [-0.39, 0.29) is 5.82 Å². The van der Waals surface area contributed by atoms with Crippen molar-refractivity contribution in [2.45, 2.75) is 70.5 Å². The van der Waals surface area contributed by atoms with E-state index in [0.29, 0.717) is 45.6 Å².